The number of halogens is 3. The summed E-state index contributed by atoms with van der Waals surface area (Å²) in [7, 11) is 0. The van der Waals surface area contributed by atoms with E-state index in [1.807, 2.05) is 4.98 Å². The van der Waals surface area contributed by atoms with E-state index in [4.69, 9.17) is 0 Å². The van der Waals surface area contributed by atoms with Crippen LogP contribution in [0.3, 0.4) is 0 Å². The molecule has 10 heteroatoms. The molecule has 0 bridgehead atoms. The van der Waals surface area contributed by atoms with Gasteiger partial charge in [-0.05, 0) is 0 Å². The SMILES string of the molecule is Br.Br.Br.O=c1[nH]c(=O)c2[nH]c(=O)[nH]c2[nH]1. The third kappa shape index (κ3) is 3.18. The molecule has 15 heavy (non-hydrogen) atoms. The summed E-state index contributed by atoms with van der Waals surface area (Å²) in [5.41, 5.74) is -1.65. The molecule has 86 valence electrons. The minimum atomic E-state index is -0.650. The molecule has 2 aromatic rings. The van der Waals surface area contributed by atoms with Gasteiger partial charge in [-0.25, -0.2) is 9.59 Å². The number of aromatic nitrogens is 4. The first kappa shape index (κ1) is 16.8. The van der Waals surface area contributed by atoms with Gasteiger partial charge in [0.2, 0.25) is 0 Å². The van der Waals surface area contributed by atoms with E-state index < -0.39 is 16.9 Å². The van der Waals surface area contributed by atoms with Gasteiger partial charge in [0.1, 0.15) is 11.2 Å². The Morgan fingerprint density at radius 2 is 1.13 bits per heavy atom. The highest BCUT2D eigenvalue weighted by molar-refractivity contribution is 8.93. The van der Waals surface area contributed by atoms with E-state index in [1.54, 1.807) is 0 Å². The van der Waals surface area contributed by atoms with Crippen molar-refractivity contribution in [3.05, 3.63) is 31.3 Å². The highest BCUT2D eigenvalue weighted by atomic mass is 79.9. The molecule has 2 rings (SSSR count). The Morgan fingerprint density at radius 1 is 0.667 bits per heavy atom. The van der Waals surface area contributed by atoms with Gasteiger partial charge in [-0.15, -0.1) is 50.9 Å². The standard InChI is InChI=1S/C5H4N4O3.3BrH/c10-3-1-2(7-4(11)6-1)8-5(12)9-3;;;/h(H4,6,7,8,9,10,11,12);3*1H. The maximum Gasteiger partial charge on any atom is 0.327 e. The summed E-state index contributed by atoms with van der Waals surface area (Å²) in [6.45, 7) is 0. The van der Waals surface area contributed by atoms with Gasteiger partial charge < -0.3 is 0 Å². The maximum absolute atomic E-state index is 10.9. The van der Waals surface area contributed by atoms with E-state index in [0.29, 0.717) is 0 Å². The molecule has 0 aliphatic rings. The first-order chi connectivity index (χ1) is 5.66. The van der Waals surface area contributed by atoms with E-state index in [1.165, 1.54) is 0 Å². The minimum Gasteiger partial charge on any atom is -0.300 e. The number of aromatic amines is 4. The Bertz CT molecular complexity index is 594. The lowest BCUT2D eigenvalue weighted by atomic mass is 10.5. The molecule has 2 aromatic heterocycles. The molecule has 0 atom stereocenters. The average Bonchev–Trinajstić information content (AvgIpc) is 2.29. The summed E-state index contributed by atoms with van der Waals surface area (Å²) in [6, 6.07) is 0. The van der Waals surface area contributed by atoms with Crippen molar-refractivity contribution in [2.75, 3.05) is 0 Å². The molecule has 4 N–H and O–H groups in total. The van der Waals surface area contributed by atoms with Crippen LogP contribution < -0.4 is 16.9 Å². The van der Waals surface area contributed by atoms with Crippen molar-refractivity contribution in [3.8, 4) is 0 Å². The van der Waals surface area contributed by atoms with Crippen molar-refractivity contribution >= 4 is 62.1 Å². The number of H-pyrrole nitrogens is 4. The largest absolute Gasteiger partial charge is 0.327 e. The van der Waals surface area contributed by atoms with Crippen LogP contribution in [0.5, 0.6) is 0 Å². The Kier molecular flexibility index (Phi) is 6.81. The molecule has 0 aliphatic carbocycles. The van der Waals surface area contributed by atoms with Gasteiger partial charge in [0, 0.05) is 0 Å². The van der Waals surface area contributed by atoms with Crippen molar-refractivity contribution in [2.45, 2.75) is 0 Å². The Morgan fingerprint density at radius 3 is 1.67 bits per heavy atom. The Balaban J connectivity index is 0. The van der Waals surface area contributed by atoms with Crippen LogP contribution >= 0.6 is 50.9 Å². The van der Waals surface area contributed by atoms with Crippen LogP contribution in [0.15, 0.2) is 14.4 Å². The predicted octanol–water partition coefficient (Wildman–Crippen LogP) is -0.0335. The number of hydrogen-bond donors (Lipinski definition) is 4. The van der Waals surface area contributed by atoms with Gasteiger partial charge in [0.25, 0.3) is 5.56 Å². The number of hydrogen-bond acceptors (Lipinski definition) is 3. The van der Waals surface area contributed by atoms with Crippen LogP contribution in [0.25, 0.3) is 11.2 Å². The number of imidazole rings is 1. The van der Waals surface area contributed by atoms with Gasteiger partial charge in [-0.2, -0.15) is 0 Å². The molecule has 7 nitrogen and oxygen atoms in total. The maximum atomic E-state index is 10.9. The highest BCUT2D eigenvalue weighted by Crippen LogP contribution is 1.88. The molecular weight excluding hydrogens is 404 g/mol. The van der Waals surface area contributed by atoms with E-state index >= 15 is 0 Å². The van der Waals surface area contributed by atoms with Crippen LogP contribution in [0, 0.1) is 0 Å². The van der Waals surface area contributed by atoms with E-state index in [0.717, 1.165) is 0 Å². The summed E-state index contributed by atoms with van der Waals surface area (Å²) in [4.78, 5) is 41.0. The third-order valence-corrected chi connectivity index (χ3v) is 1.42. The Hall–Kier alpha value is -0.610. The third-order valence-electron chi connectivity index (χ3n) is 1.42. The number of nitrogens with one attached hydrogen (secondary N) is 4. The lowest BCUT2D eigenvalue weighted by Gasteiger charge is -1.83. The first-order valence-electron chi connectivity index (χ1n) is 3.11. The van der Waals surface area contributed by atoms with Crippen molar-refractivity contribution < 1.29 is 0 Å². The average molecular weight is 411 g/mol. The molecule has 0 amide bonds. The fourth-order valence-corrected chi connectivity index (χ4v) is 0.958. The van der Waals surface area contributed by atoms with Gasteiger partial charge in [-0.1, -0.05) is 0 Å². The lowest BCUT2D eigenvalue weighted by Crippen LogP contribution is -2.21. The topological polar surface area (TPSA) is 114 Å². The van der Waals surface area contributed by atoms with Gasteiger partial charge in [0.15, 0.2) is 0 Å². The summed E-state index contributed by atoms with van der Waals surface area (Å²) in [5.74, 6) is 0. The summed E-state index contributed by atoms with van der Waals surface area (Å²) in [6.07, 6.45) is 0. The van der Waals surface area contributed by atoms with Crippen molar-refractivity contribution in [3.63, 3.8) is 0 Å². The van der Waals surface area contributed by atoms with Crippen LogP contribution in [0.4, 0.5) is 0 Å². The Labute approximate surface area is 113 Å². The number of rotatable bonds is 0. The zero-order valence-corrected chi connectivity index (χ0v) is 12.1. The molecular formula is C5H7Br3N4O3. The molecule has 0 saturated heterocycles. The normalized spacial score (nSPS) is 8.53. The lowest BCUT2D eigenvalue weighted by molar-refractivity contribution is 1.07. The van der Waals surface area contributed by atoms with Gasteiger partial charge >= 0.3 is 11.4 Å². The van der Waals surface area contributed by atoms with Crippen LogP contribution in [-0.4, -0.2) is 19.9 Å². The second-order valence-electron chi connectivity index (χ2n) is 2.24. The van der Waals surface area contributed by atoms with Crippen LogP contribution in [-0.2, 0) is 0 Å². The second kappa shape index (κ2) is 6.08. The fourth-order valence-electron chi connectivity index (χ4n) is 0.958. The van der Waals surface area contributed by atoms with Crippen LogP contribution in [0.2, 0.25) is 0 Å². The summed E-state index contributed by atoms with van der Waals surface area (Å²) in [5, 5.41) is 0. The minimum absolute atomic E-state index is 0. The van der Waals surface area contributed by atoms with E-state index in [-0.39, 0.29) is 62.1 Å². The smallest absolute Gasteiger partial charge is 0.300 e. The second-order valence-corrected chi connectivity index (χ2v) is 2.24. The molecule has 0 spiro atoms. The molecule has 0 fully saturated rings. The molecule has 0 aromatic carbocycles. The van der Waals surface area contributed by atoms with Gasteiger partial charge in [-0.3, -0.25) is 24.7 Å². The molecule has 0 unspecified atom stereocenters. The monoisotopic (exact) mass is 408 g/mol. The quantitative estimate of drug-likeness (QED) is 0.489. The summed E-state index contributed by atoms with van der Waals surface area (Å²) < 4.78 is 0. The summed E-state index contributed by atoms with van der Waals surface area (Å²) >= 11 is 0. The molecule has 2 heterocycles. The van der Waals surface area contributed by atoms with Crippen molar-refractivity contribution in [1.29, 1.82) is 0 Å². The van der Waals surface area contributed by atoms with Crippen molar-refractivity contribution in [1.82, 2.24) is 19.9 Å². The van der Waals surface area contributed by atoms with E-state index in [9.17, 15) is 14.4 Å². The molecule has 0 radical (unpaired) electrons. The first-order valence-corrected chi connectivity index (χ1v) is 3.11. The van der Waals surface area contributed by atoms with Gasteiger partial charge in [0.05, 0.1) is 0 Å². The van der Waals surface area contributed by atoms with Crippen molar-refractivity contribution in [2.24, 2.45) is 0 Å². The predicted molar refractivity (Wildman–Crippen MR) is 71.1 cm³/mol. The zero-order chi connectivity index (χ0) is 8.72. The zero-order valence-electron chi connectivity index (χ0n) is 6.95. The van der Waals surface area contributed by atoms with Crippen LogP contribution in [0.1, 0.15) is 0 Å². The highest BCUT2D eigenvalue weighted by Gasteiger charge is 2.02. The van der Waals surface area contributed by atoms with E-state index in [2.05, 4.69) is 15.0 Å². The molecule has 0 aliphatic heterocycles. The fraction of sp³-hybridized carbons (Fsp3) is 0. The molecule has 0 saturated carbocycles. The number of fused-ring (bicyclic) bond motifs is 1.